The van der Waals surface area contributed by atoms with Crippen LogP contribution in [0.2, 0.25) is 0 Å². The summed E-state index contributed by atoms with van der Waals surface area (Å²) in [5.74, 6) is -0.904. The fourth-order valence-corrected chi connectivity index (χ4v) is 1.13. The molecule has 0 bridgehead atoms. The zero-order valence-electron chi connectivity index (χ0n) is 9.65. The topological polar surface area (TPSA) is 137 Å². The van der Waals surface area contributed by atoms with Crippen LogP contribution in [-0.2, 0) is 4.79 Å². The van der Waals surface area contributed by atoms with Crippen LogP contribution >= 0.6 is 0 Å². The zero-order chi connectivity index (χ0) is 13.2. The van der Waals surface area contributed by atoms with Crippen LogP contribution in [0.3, 0.4) is 0 Å². The number of rotatable bonds is 4. The van der Waals surface area contributed by atoms with Gasteiger partial charge in [0.15, 0.2) is 0 Å². The molecule has 0 aliphatic heterocycles. The third-order valence-corrected chi connectivity index (χ3v) is 2.26. The second-order valence-electron chi connectivity index (χ2n) is 4.14. The summed E-state index contributed by atoms with van der Waals surface area (Å²) in [6.45, 7) is 3.19. The summed E-state index contributed by atoms with van der Waals surface area (Å²) < 4.78 is 0. The minimum absolute atomic E-state index is 0.141. The van der Waals surface area contributed by atoms with Crippen LogP contribution < -0.4 is 22.5 Å². The lowest BCUT2D eigenvalue weighted by Gasteiger charge is -2.23. The van der Waals surface area contributed by atoms with Gasteiger partial charge in [-0.25, -0.2) is 4.98 Å². The Morgan fingerprint density at radius 2 is 1.94 bits per heavy atom. The number of carbonyl (C=O) groups excluding carboxylic acids is 2. The van der Waals surface area contributed by atoms with Crippen molar-refractivity contribution in [3.8, 4) is 0 Å². The maximum atomic E-state index is 11.1. The molecule has 7 N–H and O–H groups in total. The van der Waals surface area contributed by atoms with Crippen LogP contribution in [0.1, 0.15) is 24.2 Å². The smallest absolute Gasteiger partial charge is 0.250 e. The highest BCUT2D eigenvalue weighted by molar-refractivity contribution is 5.98. The number of hydrogen-bond donors (Lipinski definition) is 4. The van der Waals surface area contributed by atoms with E-state index in [-0.39, 0.29) is 11.3 Å². The van der Waals surface area contributed by atoms with Gasteiger partial charge in [-0.15, -0.1) is 0 Å². The molecule has 1 rings (SSSR count). The van der Waals surface area contributed by atoms with E-state index in [9.17, 15) is 9.59 Å². The minimum atomic E-state index is -0.988. The van der Waals surface area contributed by atoms with Gasteiger partial charge in [0.1, 0.15) is 11.4 Å². The first-order valence-electron chi connectivity index (χ1n) is 4.87. The maximum Gasteiger partial charge on any atom is 0.250 e. The van der Waals surface area contributed by atoms with Gasteiger partial charge >= 0.3 is 0 Å². The fraction of sp³-hybridized carbons (Fsp3) is 0.300. The molecule has 1 aromatic heterocycles. The summed E-state index contributed by atoms with van der Waals surface area (Å²) in [6, 6.07) is 1.38. The first kappa shape index (κ1) is 12.8. The summed E-state index contributed by atoms with van der Waals surface area (Å²) in [5, 5.41) is 2.79. The highest BCUT2D eigenvalue weighted by atomic mass is 16.1. The molecule has 1 aromatic rings. The number of aromatic nitrogens is 1. The third-order valence-electron chi connectivity index (χ3n) is 2.26. The van der Waals surface area contributed by atoms with Gasteiger partial charge in [0.25, 0.3) is 5.91 Å². The van der Waals surface area contributed by atoms with Crippen molar-refractivity contribution < 1.29 is 9.59 Å². The van der Waals surface area contributed by atoms with Gasteiger partial charge in [0.05, 0.1) is 17.4 Å². The monoisotopic (exact) mass is 237 g/mol. The summed E-state index contributed by atoms with van der Waals surface area (Å²) >= 11 is 0. The van der Waals surface area contributed by atoms with Crippen LogP contribution in [0.5, 0.6) is 0 Å². The van der Waals surface area contributed by atoms with E-state index < -0.39 is 17.4 Å². The van der Waals surface area contributed by atoms with Crippen LogP contribution in [0.25, 0.3) is 0 Å². The molecule has 1 heterocycles. The summed E-state index contributed by atoms with van der Waals surface area (Å²) in [7, 11) is 0. The lowest BCUT2D eigenvalue weighted by molar-refractivity contribution is -0.121. The van der Waals surface area contributed by atoms with Gasteiger partial charge in [0.2, 0.25) is 5.91 Å². The van der Waals surface area contributed by atoms with Crippen molar-refractivity contribution in [3.05, 3.63) is 17.8 Å². The number of nitrogens with zero attached hydrogens (tertiary/aromatic N) is 1. The van der Waals surface area contributed by atoms with E-state index in [0.29, 0.717) is 5.82 Å². The standard InChI is InChI=1S/C10H15N5O2/c1-10(2,9(13)17)15-7-3-5(8(12)16)6(11)4-14-7/h3-4H,11H2,1-2H3,(H2,12,16)(H2,13,17)(H,14,15). The van der Waals surface area contributed by atoms with Gasteiger partial charge < -0.3 is 22.5 Å². The second-order valence-corrected chi connectivity index (χ2v) is 4.14. The predicted molar refractivity (Wildman–Crippen MR) is 64.1 cm³/mol. The number of pyridine rings is 1. The fourth-order valence-electron chi connectivity index (χ4n) is 1.13. The summed E-state index contributed by atoms with van der Waals surface area (Å²) in [4.78, 5) is 26.1. The van der Waals surface area contributed by atoms with Gasteiger partial charge in [-0.2, -0.15) is 0 Å². The number of anilines is 2. The number of primary amides is 2. The first-order valence-corrected chi connectivity index (χ1v) is 4.87. The number of nitrogen functional groups attached to an aromatic ring is 1. The van der Waals surface area contributed by atoms with Crippen LogP contribution in [0, 0.1) is 0 Å². The summed E-state index contributed by atoms with van der Waals surface area (Å²) in [6.07, 6.45) is 1.29. The van der Waals surface area contributed by atoms with Crippen molar-refractivity contribution in [2.24, 2.45) is 11.5 Å². The highest BCUT2D eigenvalue weighted by Crippen LogP contribution is 2.17. The quantitative estimate of drug-likeness (QED) is 0.556. The molecule has 0 fully saturated rings. The molecule has 2 amide bonds. The van der Waals surface area contributed by atoms with E-state index in [0.717, 1.165) is 0 Å². The molecule has 17 heavy (non-hydrogen) atoms. The first-order chi connectivity index (χ1) is 7.74. The Morgan fingerprint density at radius 1 is 1.35 bits per heavy atom. The maximum absolute atomic E-state index is 11.1. The number of hydrogen-bond acceptors (Lipinski definition) is 5. The molecule has 0 unspecified atom stereocenters. The molecule has 0 aromatic carbocycles. The van der Waals surface area contributed by atoms with Crippen LogP contribution in [0.15, 0.2) is 12.3 Å². The molecule has 0 saturated carbocycles. The normalized spacial score (nSPS) is 10.9. The van der Waals surface area contributed by atoms with Crippen LogP contribution in [0.4, 0.5) is 11.5 Å². The zero-order valence-corrected chi connectivity index (χ0v) is 9.65. The van der Waals surface area contributed by atoms with Crippen molar-refractivity contribution in [2.45, 2.75) is 19.4 Å². The molecule has 92 valence electrons. The van der Waals surface area contributed by atoms with Crippen molar-refractivity contribution in [2.75, 3.05) is 11.1 Å². The van der Waals surface area contributed by atoms with Gasteiger partial charge in [0, 0.05) is 0 Å². The number of nitrogens with two attached hydrogens (primary N) is 3. The lowest BCUT2D eigenvalue weighted by atomic mass is 10.1. The molecule has 0 radical (unpaired) electrons. The lowest BCUT2D eigenvalue weighted by Crippen LogP contribution is -2.45. The Hall–Kier alpha value is -2.31. The molecule has 0 aliphatic rings. The van der Waals surface area contributed by atoms with Crippen molar-refractivity contribution in [3.63, 3.8) is 0 Å². The van der Waals surface area contributed by atoms with Gasteiger partial charge in [-0.05, 0) is 19.9 Å². The van der Waals surface area contributed by atoms with Crippen LogP contribution in [-0.4, -0.2) is 22.3 Å². The largest absolute Gasteiger partial charge is 0.397 e. The SMILES string of the molecule is CC(C)(Nc1cc(C(N)=O)c(N)cn1)C(N)=O. The van der Waals surface area contributed by atoms with Crippen molar-refractivity contribution >= 4 is 23.3 Å². The van der Waals surface area contributed by atoms with E-state index in [1.54, 1.807) is 13.8 Å². The molecular weight excluding hydrogens is 222 g/mol. The Balaban J connectivity index is 3.05. The predicted octanol–water partition coefficient (Wildman–Crippen LogP) is -0.561. The van der Waals surface area contributed by atoms with E-state index in [2.05, 4.69) is 10.3 Å². The average Bonchev–Trinajstić information content (AvgIpc) is 2.20. The van der Waals surface area contributed by atoms with Gasteiger partial charge in [-0.1, -0.05) is 0 Å². The molecule has 0 spiro atoms. The summed E-state index contributed by atoms with van der Waals surface area (Å²) in [5.41, 5.74) is 15.2. The Kier molecular flexibility index (Phi) is 3.21. The van der Waals surface area contributed by atoms with Crippen molar-refractivity contribution in [1.82, 2.24) is 4.98 Å². The third kappa shape index (κ3) is 2.83. The molecule has 0 saturated heterocycles. The number of amides is 2. The second kappa shape index (κ2) is 4.28. The van der Waals surface area contributed by atoms with E-state index >= 15 is 0 Å². The van der Waals surface area contributed by atoms with E-state index in [4.69, 9.17) is 17.2 Å². The Labute approximate surface area is 98.4 Å². The molecule has 7 nitrogen and oxygen atoms in total. The van der Waals surface area contributed by atoms with Gasteiger partial charge in [-0.3, -0.25) is 9.59 Å². The molecular formula is C10H15N5O2. The molecule has 7 heteroatoms. The number of nitrogens with one attached hydrogen (secondary N) is 1. The Morgan fingerprint density at radius 3 is 2.41 bits per heavy atom. The van der Waals surface area contributed by atoms with Crippen molar-refractivity contribution in [1.29, 1.82) is 0 Å². The average molecular weight is 237 g/mol. The highest BCUT2D eigenvalue weighted by Gasteiger charge is 2.25. The molecule has 0 aliphatic carbocycles. The Bertz CT molecular complexity index is 470. The minimum Gasteiger partial charge on any atom is -0.397 e. The van der Waals surface area contributed by atoms with E-state index in [1.165, 1.54) is 12.3 Å². The molecule has 0 atom stereocenters. The van der Waals surface area contributed by atoms with E-state index in [1.807, 2.05) is 0 Å². The number of carbonyl (C=O) groups is 2.